The van der Waals surface area contributed by atoms with Crippen molar-refractivity contribution in [2.75, 3.05) is 10.6 Å². The zero-order valence-corrected chi connectivity index (χ0v) is 11.9. The van der Waals surface area contributed by atoms with Crippen LogP contribution in [0, 0.1) is 6.92 Å². The van der Waals surface area contributed by atoms with Gasteiger partial charge in [0, 0.05) is 28.0 Å². The van der Waals surface area contributed by atoms with E-state index >= 15 is 0 Å². The second-order valence-electron chi connectivity index (χ2n) is 4.66. The van der Waals surface area contributed by atoms with Crippen LogP contribution in [0.4, 0.5) is 11.4 Å². The fourth-order valence-corrected chi connectivity index (χ4v) is 2.44. The molecular weight excluding hydrogens is 266 g/mol. The van der Waals surface area contributed by atoms with Crippen LogP contribution in [-0.2, 0) is 0 Å². The quantitative estimate of drug-likeness (QED) is 0.614. The van der Waals surface area contributed by atoms with Gasteiger partial charge in [0.05, 0.1) is 0 Å². The normalized spacial score (nSPS) is 10.4. The van der Waals surface area contributed by atoms with Gasteiger partial charge in [0.15, 0.2) is 5.11 Å². The molecule has 0 fully saturated rings. The van der Waals surface area contributed by atoms with Crippen LogP contribution in [0.3, 0.4) is 0 Å². The third-order valence-electron chi connectivity index (χ3n) is 3.08. The van der Waals surface area contributed by atoms with E-state index in [-0.39, 0.29) is 0 Å². The molecule has 0 unspecified atom stereocenters. The highest BCUT2D eigenvalue weighted by Gasteiger charge is 2.05. The Morgan fingerprint density at radius 3 is 2.60 bits per heavy atom. The smallest absolute Gasteiger partial charge is 0.175 e. The first-order chi connectivity index (χ1) is 9.72. The zero-order valence-electron chi connectivity index (χ0n) is 11.1. The Morgan fingerprint density at radius 1 is 1.00 bits per heavy atom. The maximum atomic E-state index is 5.36. The van der Waals surface area contributed by atoms with Crippen LogP contribution >= 0.6 is 12.2 Å². The van der Waals surface area contributed by atoms with E-state index in [1.54, 1.807) is 0 Å². The van der Waals surface area contributed by atoms with Gasteiger partial charge in [-0.2, -0.15) is 0 Å². The number of nitrogens with one attached hydrogen (secondary N) is 3. The summed E-state index contributed by atoms with van der Waals surface area (Å²) in [5.41, 5.74) is 4.22. The minimum atomic E-state index is 0.586. The van der Waals surface area contributed by atoms with Gasteiger partial charge < -0.3 is 15.6 Å². The van der Waals surface area contributed by atoms with Gasteiger partial charge in [-0.05, 0) is 49.5 Å². The SMILES string of the molecule is Cc1cc2c(NC(=S)Nc3ccccc3)cccc2[nH]1. The summed E-state index contributed by atoms with van der Waals surface area (Å²) >= 11 is 5.36. The standard InChI is InChI=1S/C16H15N3S/c1-11-10-13-14(17-11)8-5-9-15(13)19-16(20)18-12-6-3-2-4-7-12/h2-10,17H,1H3,(H2,18,19,20). The molecule has 0 atom stereocenters. The van der Waals surface area contributed by atoms with Crippen molar-refractivity contribution >= 4 is 39.6 Å². The molecule has 20 heavy (non-hydrogen) atoms. The van der Waals surface area contributed by atoms with E-state index in [0.29, 0.717) is 5.11 Å². The Hall–Kier alpha value is -2.33. The van der Waals surface area contributed by atoms with E-state index < -0.39 is 0 Å². The minimum Gasteiger partial charge on any atom is -0.359 e. The highest BCUT2D eigenvalue weighted by molar-refractivity contribution is 7.80. The maximum Gasteiger partial charge on any atom is 0.175 e. The fourth-order valence-electron chi connectivity index (χ4n) is 2.21. The Morgan fingerprint density at radius 2 is 1.80 bits per heavy atom. The predicted molar refractivity (Wildman–Crippen MR) is 89.3 cm³/mol. The third-order valence-corrected chi connectivity index (χ3v) is 3.28. The van der Waals surface area contributed by atoms with E-state index in [0.717, 1.165) is 28.0 Å². The van der Waals surface area contributed by atoms with Crippen LogP contribution in [0.25, 0.3) is 10.9 Å². The van der Waals surface area contributed by atoms with E-state index in [1.165, 1.54) is 0 Å². The lowest BCUT2D eigenvalue weighted by atomic mass is 10.2. The number of para-hydroxylation sites is 1. The van der Waals surface area contributed by atoms with Crippen molar-refractivity contribution in [3.8, 4) is 0 Å². The second kappa shape index (κ2) is 5.35. The fraction of sp³-hybridized carbons (Fsp3) is 0.0625. The maximum absolute atomic E-state index is 5.36. The molecular formula is C16H15N3S. The third kappa shape index (κ3) is 2.65. The molecule has 0 aliphatic rings. The molecule has 0 aliphatic heterocycles. The highest BCUT2D eigenvalue weighted by atomic mass is 32.1. The zero-order chi connectivity index (χ0) is 13.9. The van der Waals surface area contributed by atoms with E-state index in [9.17, 15) is 0 Å². The molecule has 3 N–H and O–H groups in total. The number of H-pyrrole nitrogens is 1. The van der Waals surface area contributed by atoms with E-state index in [2.05, 4.69) is 27.8 Å². The molecule has 0 saturated heterocycles. The summed E-state index contributed by atoms with van der Waals surface area (Å²) in [7, 11) is 0. The Bertz CT molecular complexity index is 747. The second-order valence-corrected chi connectivity index (χ2v) is 5.07. The molecule has 3 nitrogen and oxygen atoms in total. The van der Waals surface area contributed by atoms with Gasteiger partial charge in [-0.1, -0.05) is 24.3 Å². The van der Waals surface area contributed by atoms with Gasteiger partial charge in [-0.25, -0.2) is 0 Å². The van der Waals surface area contributed by atoms with Crippen LogP contribution in [-0.4, -0.2) is 10.1 Å². The molecule has 1 heterocycles. The molecule has 1 aromatic heterocycles. The number of aryl methyl sites for hydroxylation is 1. The van der Waals surface area contributed by atoms with Gasteiger partial charge in [-0.3, -0.25) is 0 Å². The lowest BCUT2D eigenvalue weighted by Crippen LogP contribution is -2.19. The van der Waals surface area contributed by atoms with E-state index in [1.807, 2.05) is 49.4 Å². The molecule has 0 bridgehead atoms. The summed E-state index contributed by atoms with van der Waals surface area (Å²) < 4.78 is 0. The average Bonchev–Trinajstić information content (AvgIpc) is 2.81. The first kappa shape index (κ1) is 12.7. The first-order valence-corrected chi connectivity index (χ1v) is 6.84. The molecule has 0 radical (unpaired) electrons. The summed E-state index contributed by atoms with van der Waals surface area (Å²) in [6.45, 7) is 2.05. The number of benzene rings is 2. The first-order valence-electron chi connectivity index (χ1n) is 6.44. The van der Waals surface area contributed by atoms with Crippen molar-refractivity contribution in [2.45, 2.75) is 6.92 Å². The summed E-state index contributed by atoms with van der Waals surface area (Å²) in [5.74, 6) is 0. The van der Waals surface area contributed by atoms with Crippen molar-refractivity contribution in [1.29, 1.82) is 0 Å². The molecule has 100 valence electrons. The molecule has 4 heteroatoms. The van der Waals surface area contributed by atoms with Gasteiger partial charge >= 0.3 is 0 Å². The predicted octanol–water partition coefficient (Wildman–Crippen LogP) is 4.29. The number of rotatable bonds is 2. The molecule has 3 rings (SSSR count). The molecule has 0 aliphatic carbocycles. The van der Waals surface area contributed by atoms with Crippen LogP contribution in [0.5, 0.6) is 0 Å². The number of aromatic nitrogens is 1. The van der Waals surface area contributed by atoms with Crippen molar-refractivity contribution in [2.24, 2.45) is 0 Å². The number of aromatic amines is 1. The van der Waals surface area contributed by atoms with Gasteiger partial charge in [0.2, 0.25) is 0 Å². The van der Waals surface area contributed by atoms with Gasteiger partial charge in [0.25, 0.3) is 0 Å². The van der Waals surface area contributed by atoms with Crippen LogP contribution < -0.4 is 10.6 Å². The minimum absolute atomic E-state index is 0.586. The molecule has 3 aromatic rings. The Balaban J connectivity index is 1.81. The number of thiocarbonyl (C=S) groups is 1. The van der Waals surface area contributed by atoms with Gasteiger partial charge in [0.1, 0.15) is 0 Å². The summed E-state index contributed by atoms with van der Waals surface area (Å²) in [4.78, 5) is 3.32. The Labute approximate surface area is 123 Å². The summed E-state index contributed by atoms with van der Waals surface area (Å²) in [6, 6.07) is 18.1. The van der Waals surface area contributed by atoms with Crippen molar-refractivity contribution < 1.29 is 0 Å². The van der Waals surface area contributed by atoms with Crippen molar-refractivity contribution in [3.05, 3.63) is 60.3 Å². The number of anilines is 2. The lowest BCUT2D eigenvalue weighted by Gasteiger charge is -2.11. The van der Waals surface area contributed by atoms with Gasteiger partial charge in [-0.15, -0.1) is 0 Å². The molecule has 0 amide bonds. The average molecular weight is 281 g/mol. The van der Waals surface area contributed by atoms with Crippen LogP contribution in [0.15, 0.2) is 54.6 Å². The number of fused-ring (bicyclic) bond motifs is 1. The number of hydrogen-bond donors (Lipinski definition) is 3. The Kier molecular flexibility index (Phi) is 3.39. The summed E-state index contributed by atoms with van der Waals surface area (Å²) in [6.07, 6.45) is 0. The monoisotopic (exact) mass is 281 g/mol. The highest BCUT2D eigenvalue weighted by Crippen LogP contribution is 2.24. The molecule has 0 spiro atoms. The molecule has 2 aromatic carbocycles. The largest absolute Gasteiger partial charge is 0.359 e. The van der Waals surface area contributed by atoms with Crippen molar-refractivity contribution in [1.82, 2.24) is 4.98 Å². The van der Waals surface area contributed by atoms with E-state index in [4.69, 9.17) is 12.2 Å². The number of hydrogen-bond acceptors (Lipinski definition) is 1. The molecule has 0 saturated carbocycles. The van der Waals surface area contributed by atoms with Crippen molar-refractivity contribution in [3.63, 3.8) is 0 Å². The lowest BCUT2D eigenvalue weighted by molar-refractivity contribution is 1.30. The summed E-state index contributed by atoms with van der Waals surface area (Å²) in [5, 5.41) is 8.15. The van der Waals surface area contributed by atoms with Crippen LogP contribution in [0.1, 0.15) is 5.69 Å². The topological polar surface area (TPSA) is 39.8 Å². The van der Waals surface area contributed by atoms with Crippen LogP contribution in [0.2, 0.25) is 0 Å².